The molecular formula is C18H10F4N2O4. The molecule has 3 aromatic rings. The fourth-order valence-electron chi connectivity index (χ4n) is 2.72. The molecule has 1 amide bonds. The van der Waals surface area contributed by atoms with Crippen LogP contribution in [0.1, 0.15) is 22.9 Å². The van der Waals surface area contributed by atoms with E-state index in [2.05, 4.69) is 9.40 Å². The first-order chi connectivity index (χ1) is 13.3. The second-order valence-corrected chi connectivity index (χ2v) is 5.74. The minimum atomic E-state index is -4.72. The van der Waals surface area contributed by atoms with Gasteiger partial charge in [-0.2, -0.15) is 18.2 Å². The lowest BCUT2D eigenvalue weighted by Crippen LogP contribution is -2.21. The number of carbonyl (C=O) groups is 1. The molecule has 6 nitrogen and oxygen atoms in total. The van der Waals surface area contributed by atoms with Gasteiger partial charge in [0.25, 0.3) is 0 Å². The van der Waals surface area contributed by atoms with Gasteiger partial charge in [0.2, 0.25) is 0 Å². The van der Waals surface area contributed by atoms with E-state index in [0.29, 0.717) is 11.8 Å². The van der Waals surface area contributed by atoms with Crippen molar-refractivity contribution >= 4 is 12.1 Å². The predicted octanol–water partition coefficient (Wildman–Crippen LogP) is 5.28. The van der Waals surface area contributed by atoms with Gasteiger partial charge in [0.15, 0.2) is 23.4 Å². The number of ether oxygens (including phenoxy) is 2. The summed E-state index contributed by atoms with van der Waals surface area (Å²) < 4.78 is 67.3. The van der Waals surface area contributed by atoms with Crippen LogP contribution in [-0.2, 0) is 10.9 Å². The minimum absolute atomic E-state index is 0.102. The average Bonchev–Trinajstić information content (AvgIpc) is 3.11. The van der Waals surface area contributed by atoms with Gasteiger partial charge in [-0.15, -0.1) is 0 Å². The molecule has 2 heterocycles. The Morgan fingerprint density at radius 2 is 1.86 bits per heavy atom. The van der Waals surface area contributed by atoms with Gasteiger partial charge in [-0.3, -0.25) is 0 Å². The van der Waals surface area contributed by atoms with Crippen molar-refractivity contribution in [3.05, 3.63) is 71.4 Å². The van der Waals surface area contributed by atoms with Gasteiger partial charge in [-0.25, -0.2) is 14.5 Å². The number of nitrogens with one attached hydrogen (secondary N) is 1. The predicted molar refractivity (Wildman–Crippen MR) is 86.4 cm³/mol. The molecule has 0 spiro atoms. The number of benzene rings is 2. The van der Waals surface area contributed by atoms with Crippen LogP contribution < -0.4 is 10.1 Å². The van der Waals surface area contributed by atoms with Crippen LogP contribution in [0.25, 0.3) is 0 Å². The number of carbonyl (C=O) groups excluding carboxylic acids is 1. The fourth-order valence-corrected chi connectivity index (χ4v) is 2.72. The fraction of sp³-hybridized carbons (Fsp3) is 0.111. The molecule has 1 unspecified atom stereocenters. The van der Waals surface area contributed by atoms with Crippen LogP contribution in [-0.4, -0.2) is 11.1 Å². The smallest absolute Gasteiger partial charge is 0.436 e. The number of nitrogens with zero attached hydrogens (tertiary/aromatic N) is 1. The standard InChI is InChI=1S/C18H10F4N2O4/c19-11-6-3-5-10-14(9-4-1-2-7-12(9)27-15(10)11)28-17(25)24-16-23-13(8-26-16)18(20,21)22/h1-8,14H,(H,23,24,25). The molecule has 10 heteroatoms. The van der Waals surface area contributed by atoms with E-state index in [1.54, 1.807) is 24.3 Å². The Morgan fingerprint density at radius 1 is 1.11 bits per heavy atom. The lowest BCUT2D eigenvalue weighted by molar-refractivity contribution is -0.141. The topological polar surface area (TPSA) is 73.6 Å². The summed E-state index contributed by atoms with van der Waals surface area (Å²) in [6, 6.07) is 9.96. The normalized spacial score (nSPS) is 15.2. The molecule has 4 rings (SSSR count). The van der Waals surface area contributed by atoms with Crippen LogP contribution >= 0.6 is 0 Å². The molecule has 1 aromatic heterocycles. The number of amides is 1. The number of para-hydroxylation sites is 2. The van der Waals surface area contributed by atoms with E-state index >= 15 is 0 Å². The third-order valence-electron chi connectivity index (χ3n) is 3.92. The quantitative estimate of drug-likeness (QED) is 0.599. The van der Waals surface area contributed by atoms with Gasteiger partial charge in [0, 0.05) is 11.1 Å². The van der Waals surface area contributed by atoms with Gasteiger partial charge in [0.05, 0.1) is 0 Å². The third-order valence-corrected chi connectivity index (χ3v) is 3.92. The molecule has 144 valence electrons. The van der Waals surface area contributed by atoms with Gasteiger partial charge >= 0.3 is 18.3 Å². The molecule has 28 heavy (non-hydrogen) atoms. The summed E-state index contributed by atoms with van der Waals surface area (Å²) in [4.78, 5) is 15.3. The van der Waals surface area contributed by atoms with Crippen LogP contribution in [0.2, 0.25) is 0 Å². The number of halogens is 4. The monoisotopic (exact) mass is 394 g/mol. The molecule has 1 N–H and O–H groups in total. The summed E-state index contributed by atoms with van der Waals surface area (Å²) in [5.41, 5.74) is -0.608. The van der Waals surface area contributed by atoms with Crippen molar-refractivity contribution in [3.8, 4) is 11.5 Å². The first-order valence-corrected chi connectivity index (χ1v) is 7.88. The molecule has 0 radical (unpaired) electrons. The SMILES string of the molecule is O=C(Nc1nc(C(F)(F)F)co1)OC1c2ccccc2Oc2c(F)cccc21. The Hall–Kier alpha value is -3.56. The van der Waals surface area contributed by atoms with E-state index in [1.165, 1.54) is 18.2 Å². The molecule has 0 aliphatic carbocycles. The highest BCUT2D eigenvalue weighted by molar-refractivity contribution is 5.82. The van der Waals surface area contributed by atoms with Gasteiger partial charge in [-0.05, 0) is 12.1 Å². The molecule has 1 atom stereocenters. The lowest BCUT2D eigenvalue weighted by Gasteiger charge is -2.27. The Bertz CT molecular complexity index is 1050. The Labute approximate surface area is 154 Å². The second kappa shape index (κ2) is 6.55. The highest BCUT2D eigenvalue weighted by Gasteiger charge is 2.36. The number of hydrogen-bond acceptors (Lipinski definition) is 5. The maximum Gasteiger partial charge on any atom is 0.436 e. The van der Waals surface area contributed by atoms with E-state index < -0.39 is 35.9 Å². The second-order valence-electron chi connectivity index (χ2n) is 5.74. The number of fused-ring (bicyclic) bond motifs is 2. The zero-order chi connectivity index (χ0) is 19.9. The summed E-state index contributed by atoms with van der Waals surface area (Å²) >= 11 is 0. The van der Waals surface area contributed by atoms with Crippen LogP contribution in [0.3, 0.4) is 0 Å². The highest BCUT2D eigenvalue weighted by Crippen LogP contribution is 2.45. The highest BCUT2D eigenvalue weighted by atomic mass is 19.4. The molecule has 1 aliphatic rings. The molecule has 1 aliphatic heterocycles. The third kappa shape index (κ3) is 3.24. The van der Waals surface area contributed by atoms with Gasteiger partial charge in [0.1, 0.15) is 12.0 Å². The average molecular weight is 394 g/mol. The van der Waals surface area contributed by atoms with Gasteiger partial charge in [-0.1, -0.05) is 30.3 Å². The number of aromatic nitrogens is 1. The first kappa shape index (κ1) is 17.8. The Kier molecular flexibility index (Phi) is 4.17. The van der Waals surface area contributed by atoms with Gasteiger partial charge < -0.3 is 13.9 Å². The van der Waals surface area contributed by atoms with Crippen molar-refractivity contribution in [1.82, 2.24) is 4.98 Å². The van der Waals surface area contributed by atoms with E-state index in [-0.39, 0.29) is 17.1 Å². The first-order valence-electron chi connectivity index (χ1n) is 7.88. The van der Waals surface area contributed by atoms with Crippen LogP contribution in [0.4, 0.5) is 28.4 Å². The largest absolute Gasteiger partial charge is 0.453 e. The Morgan fingerprint density at radius 3 is 2.61 bits per heavy atom. The van der Waals surface area contributed by atoms with Crippen LogP contribution in [0.15, 0.2) is 53.1 Å². The van der Waals surface area contributed by atoms with Crippen LogP contribution in [0.5, 0.6) is 11.5 Å². The zero-order valence-corrected chi connectivity index (χ0v) is 13.8. The number of oxazole rings is 1. The maximum absolute atomic E-state index is 14.1. The summed E-state index contributed by atoms with van der Waals surface area (Å²) in [5.74, 6) is -0.466. The van der Waals surface area contributed by atoms with Crippen molar-refractivity contribution in [2.75, 3.05) is 5.32 Å². The summed E-state index contributed by atoms with van der Waals surface area (Å²) in [5, 5.41) is 1.98. The molecule has 0 saturated heterocycles. The summed E-state index contributed by atoms with van der Waals surface area (Å²) in [6.07, 6.45) is -6.53. The Balaban J connectivity index is 1.60. The van der Waals surface area contributed by atoms with E-state index in [9.17, 15) is 22.4 Å². The number of hydrogen-bond donors (Lipinski definition) is 1. The van der Waals surface area contributed by atoms with Crippen molar-refractivity contribution in [2.24, 2.45) is 0 Å². The molecule has 0 fully saturated rings. The minimum Gasteiger partial charge on any atom is -0.453 e. The molecular weight excluding hydrogens is 384 g/mol. The van der Waals surface area contributed by atoms with E-state index in [1.807, 2.05) is 5.32 Å². The maximum atomic E-state index is 14.1. The molecule has 0 bridgehead atoms. The number of anilines is 1. The van der Waals surface area contributed by atoms with Crippen LogP contribution in [0, 0.1) is 5.82 Å². The summed E-state index contributed by atoms with van der Waals surface area (Å²) in [7, 11) is 0. The van der Waals surface area contributed by atoms with E-state index in [0.717, 1.165) is 0 Å². The molecule has 2 aromatic carbocycles. The lowest BCUT2D eigenvalue weighted by atomic mass is 9.97. The van der Waals surface area contributed by atoms with E-state index in [4.69, 9.17) is 9.47 Å². The number of rotatable bonds is 2. The van der Waals surface area contributed by atoms with Crippen molar-refractivity contribution in [1.29, 1.82) is 0 Å². The number of alkyl halides is 3. The zero-order valence-electron chi connectivity index (χ0n) is 13.8. The van der Waals surface area contributed by atoms with Crippen molar-refractivity contribution in [2.45, 2.75) is 12.3 Å². The van der Waals surface area contributed by atoms with Crippen molar-refractivity contribution < 1.29 is 36.2 Å². The molecule has 0 saturated carbocycles. The van der Waals surface area contributed by atoms with Crippen molar-refractivity contribution in [3.63, 3.8) is 0 Å². The summed E-state index contributed by atoms with van der Waals surface area (Å²) in [6.45, 7) is 0.